The van der Waals surface area contributed by atoms with Crippen LogP contribution in [0.3, 0.4) is 0 Å². The molecule has 1 atom stereocenters. The number of hydrogen-bond acceptors (Lipinski definition) is 7. The van der Waals surface area contributed by atoms with Gasteiger partial charge < -0.3 is 20.1 Å². The number of amides is 1. The molecule has 0 aromatic carbocycles. The van der Waals surface area contributed by atoms with Crippen molar-refractivity contribution in [2.75, 3.05) is 13.7 Å². The zero-order valence-electron chi connectivity index (χ0n) is 20.3. The van der Waals surface area contributed by atoms with Crippen LogP contribution in [-0.2, 0) is 4.74 Å². The van der Waals surface area contributed by atoms with Gasteiger partial charge in [0.25, 0.3) is 0 Å². The number of carbonyl (C=O) groups is 1. The fourth-order valence-corrected chi connectivity index (χ4v) is 4.17. The van der Waals surface area contributed by atoms with Crippen LogP contribution in [0.15, 0.2) is 29.7 Å². The van der Waals surface area contributed by atoms with Gasteiger partial charge in [0, 0.05) is 41.3 Å². The molecule has 2 aromatic heterocycles. The topological polar surface area (TPSA) is 118 Å². The van der Waals surface area contributed by atoms with Crippen molar-refractivity contribution >= 4 is 22.9 Å². The van der Waals surface area contributed by atoms with Crippen LogP contribution in [0.5, 0.6) is 5.75 Å². The second-order valence-electron chi connectivity index (χ2n) is 9.82. The third-order valence-corrected chi connectivity index (χ3v) is 5.63. The van der Waals surface area contributed by atoms with Crippen LogP contribution in [-0.4, -0.2) is 57.2 Å². The van der Waals surface area contributed by atoms with E-state index >= 15 is 0 Å². The van der Waals surface area contributed by atoms with Crippen LogP contribution in [0.25, 0.3) is 11.1 Å². The summed E-state index contributed by atoms with van der Waals surface area (Å²) in [4.78, 5) is 19.4. The van der Waals surface area contributed by atoms with E-state index in [1.54, 1.807) is 22.7 Å². The molecule has 1 aliphatic heterocycles. The van der Waals surface area contributed by atoms with Crippen LogP contribution < -0.4 is 10.5 Å². The highest BCUT2D eigenvalue weighted by Gasteiger charge is 2.43. The predicted molar refractivity (Wildman–Crippen MR) is 127 cm³/mol. The quantitative estimate of drug-likeness (QED) is 0.706. The number of rotatable bonds is 4. The van der Waals surface area contributed by atoms with Gasteiger partial charge in [-0.3, -0.25) is 4.99 Å². The Morgan fingerprint density at radius 1 is 1.42 bits per heavy atom. The van der Waals surface area contributed by atoms with Crippen molar-refractivity contribution in [1.29, 1.82) is 5.26 Å². The Kier molecular flexibility index (Phi) is 6.41. The van der Waals surface area contributed by atoms with Gasteiger partial charge in [0.15, 0.2) is 0 Å². The number of ether oxygens (including phenoxy) is 2. The van der Waals surface area contributed by atoms with Gasteiger partial charge in [0.05, 0.1) is 19.3 Å². The van der Waals surface area contributed by atoms with Gasteiger partial charge in [-0.25, -0.2) is 9.31 Å². The summed E-state index contributed by atoms with van der Waals surface area (Å²) in [6.07, 6.45) is 5.16. The maximum absolute atomic E-state index is 12.7. The number of aromatic nitrogens is 2. The third-order valence-electron chi connectivity index (χ3n) is 5.63. The van der Waals surface area contributed by atoms with Crippen LogP contribution in [0, 0.1) is 11.3 Å². The Hall–Kier alpha value is -3.54. The summed E-state index contributed by atoms with van der Waals surface area (Å²) >= 11 is 0. The summed E-state index contributed by atoms with van der Waals surface area (Å²) in [6, 6.07) is 3.85. The lowest BCUT2D eigenvalue weighted by molar-refractivity contribution is 0.0133. The number of methoxy groups -OCH3 is 1. The van der Waals surface area contributed by atoms with Gasteiger partial charge in [-0.05, 0) is 54.0 Å². The average Bonchev–Trinajstić information content (AvgIpc) is 3.26. The van der Waals surface area contributed by atoms with Gasteiger partial charge in [-0.2, -0.15) is 10.4 Å². The van der Waals surface area contributed by atoms with Gasteiger partial charge >= 0.3 is 6.09 Å². The second-order valence-corrected chi connectivity index (χ2v) is 9.82. The van der Waals surface area contributed by atoms with Crippen LogP contribution in [0.2, 0.25) is 0 Å². The Balaban J connectivity index is 1.90. The first kappa shape index (κ1) is 24.1. The zero-order valence-corrected chi connectivity index (χ0v) is 20.3. The van der Waals surface area contributed by atoms with Crippen molar-refractivity contribution in [1.82, 2.24) is 14.5 Å². The summed E-state index contributed by atoms with van der Waals surface area (Å²) in [5.74, 6) is 0.520. The molecule has 1 fully saturated rings. The minimum absolute atomic E-state index is 0.0945. The fourth-order valence-electron chi connectivity index (χ4n) is 4.17. The molecule has 2 aromatic rings. The molecule has 3 heterocycles. The molecule has 3 rings (SSSR count). The molecule has 9 heteroatoms. The first-order valence-corrected chi connectivity index (χ1v) is 10.8. The molecule has 1 amide bonds. The summed E-state index contributed by atoms with van der Waals surface area (Å²) in [6.45, 7) is 12.0. The molecule has 1 unspecified atom stereocenters. The van der Waals surface area contributed by atoms with E-state index in [9.17, 15) is 10.1 Å². The highest BCUT2D eigenvalue weighted by molar-refractivity contribution is 6.22. The summed E-state index contributed by atoms with van der Waals surface area (Å²) < 4.78 is 12.7. The van der Waals surface area contributed by atoms with Gasteiger partial charge in [-0.1, -0.05) is 0 Å². The second kappa shape index (κ2) is 8.77. The molecule has 1 aliphatic rings. The van der Waals surface area contributed by atoms with Crippen LogP contribution >= 0.6 is 0 Å². The van der Waals surface area contributed by atoms with Crippen molar-refractivity contribution < 1.29 is 14.3 Å². The fraction of sp³-hybridized carbons (Fsp3) is 0.500. The van der Waals surface area contributed by atoms with Crippen molar-refractivity contribution in [2.24, 2.45) is 10.7 Å². The Morgan fingerprint density at radius 3 is 2.70 bits per heavy atom. The van der Waals surface area contributed by atoms with Gasteiger partial charge in [0.2, 0.25) is 0 Å². The number of fused-ring (bicyclic) bond motifs is 1. The monoisotopic (exact) mass is 452 g/mol. The predicted octanol–water partition coefficient (Wildman–Crippen LogP) is 3.76. The van der Waals surface area contributed by atoms with Crippen molar-refractivity contribution in [3.8, 4) is 11.8 Å². The molecular weight excluding hydrogens is 420 g/mol. The van der Waals surface area contributed by atoms with Gasteiger partial charge in [0.1, 0.15) is 28.5 Å². The Labute approximate surface area is 194 Å². The molecule has 0 aliphatic carbocycles. The number of hydrogen-bond donors (Lipinski definition) is 1. The molecule has 0 radical (unpaired) electrons. The number of allylic oxidation sites excluding steroid dienone is 1. The number of carbonyl (C=O) groups excluding carboxylic acids is 1. The number of aliphatic imine (C=N–C) groups is 1. The molecule has 0 spiro atoms. The minimum Gasteiger partial charge on any atom is -0.494 e. The lowest BCUT2D eigenvalue weighted by atomic mass is 10.00. The van der Waals surface area contributed by atoms with E-state index in [-0.39, 0.29) is 17.7 Å². The molecule has 2 N–H and O–H groups in total. The maximum Gasteiger partial charge on any atom is 0.410 e. The average molecular weight is 453 g/mol. The van der Waals surface area contributed by atoms with Crippen molar-refractivity contribution in [3.63, 3.8) is 0 Å². The summed E-state index contributed by atoms with van der Waals surface area (Å²) in [5.41, 5.74) is 8.30. The van der Waals surface area contributed by atoms with Crippen LogP contribution in [0.4, 0.5) is 4.79 Å². The highest BCUT2D eigenvalue weighted by Crippen LogP contribution is 2.33. The molecule has 176 valence electrons. The highest BCUT2D eigenvalue weighted by atomic mass is 16.6. The molecule has 1 saturated heterocycles. The van der Waals surface area contributed by atoms with E-state index in [0.717, 1.165) is 16.8 Å². The molecule has 0 bridgehead atoms. The third kappa shape index (κ3) is 4.95. The van der Waals surface area contributed by atoms with Crippen molar-refractivity contribution in [2.45, 2.75) is 65.1 Å². The molecule has 9 nitrogen and oxygen atoms in total. The minimum atomic E-state index is -0.560. The lowest BCUT2D eigenvalue weighted by Gasteiger charge is -2.33. The number of nitrogens with two attached hydrogens (primary N) is 1. The number of likely N-dealkylation sites (tertiary alicyclic amines) is 1. The Bertz CT molecular complexity index is 1160. The smallest absolute Gasteiger partial charge is 0.410 e. The number of nitrogens with zero attached hydrogens (tertiary/aromatic N) is 5. The summed E-state index contributed by atoms with van der Waals surface area (Å²) in [5, 5.41) is 13.6. The lowest BCUT2D eigenvalue weighted by Crippen LogP contribution is -2.45. The van der Waals surface area contributed by atoms with E-state index in [1.807, 2.05) is 47.6 Å². The first-order valence-electron chi connectivity index (χ1n) is 10.8. The normalized spacial score (nSPS) is 19.0. The summed E-state index contributed by atoms with van der Waals surface area (Å²) in [7, 11) is 1.55. The largest absolute Gasteiger partial charge is 0.494 e. The molecule has 0 saturated carbocycles. The molecule has 33 heavy (non-hydrogen) atoms. The van der Waals surface area contributed by atoms with Crippen LogP contribution in [0.1, 0.15) is 59.1 Å². The maximum atomic E-state index is 12.7. The van der Waals surface area contributed by atoms with E-state index in [4.69, 9.17) is 20.2 Å². The number of nitriles is 1. The van der Waals surface area contributed by atoms with Gasteiger partial charge in [-0.15, -0.1) is 0 Å². The zero-order chi connectivity index (χ0) is 24.6. The first-order chi connectivity index (χ1) is 15.4. The SMILES string of the molecule is COc1cc(/C(=C/N)C(C)=NC2CN(C(=O)OC(C)(C)C)C(C)(C)C2)cn2ncc(C#N)c12. The standard InChI is InChI=1S/C24H32N6O3/c1-15(28-18-9-24(5,6)29(14-18)22(31)33-23(2,3)4)19(11-26)16-8-20(32-7)21-17(10-25)12-27-30(21)13-16/h8,11-13,18H,9,14,26H2,1-7H3/b19-11+,28-15?. The number of pyridine rings is 1. The van der Waals surface area contributed by atoms with E-state index in [1.165, 1.54) is 12.4 Å². The Morgan fingerprint density at radius 2 is 2.12 bits per heavy atom. The van der Waals surface area contributed by atoms with E-state index < -0.39 is 5.60 Å². The van der Waals surface area contributed by atoms with Crippen molar-refractivity contribution in [3.05, 3.63) is 35.8 Å². The van der Waals surface area contributed by atoms with E-state index in [0.29, 0.717) is 29.8 Å². The molecular formula is C24H32N6O3. The van der Waals surface area contributed by atoms with E-state index in [2.05, 4.69) is 11.2 Å².